The normalized spacial score (nSPS) is 15.4. The van der Waals surface area contributed by atoms with Gasteiger partial charge in [-0.1, -0.05) is 19.9 Å². The first-order chi connectivity index (χ1) is 9.70. The summed E-state index contributed by atoms with van der Waals surface area (Å²) in [6.07, 6.45) is 3.79. The molecular weight excluding hydrogens is 246 g/mol. The van der Waals surface area contributed by atoms with Crippen LogP contribution < -0.4 is 10.2 Å². The van der Waals surface area contributed by atoms with Crippen molar-refractivity contribution in [2.45, 2.75) is 39.7 Å². The average Bonchev–Trinajstić information content (AvgIpc) is 2.47. The second kappa shape index (κ2) is 7.31. The molecule has 1 N–H and O–H groups in total. The van der Waals surface area contributed by atoms with Crippen LogP contribution in [0.3, 0.4) is 0 Å². The fourth-order valence-electron chi connectivity index (χ4n) is 2.70. The molecule has 0 amide bonds. The highest BCUT2D eigenvalue weighted by molar-refractivity contribution is 5.60. The third-order valence-corrected chi connectivity index (χ3v) is 3.76. The summed E-state index contributed by atoms with van der Waals surface area (Å²) < 4.78 is 0. The molecule has 1 aliphatic heterocycles. The van der Waals surface area contributed by atoms with E-state index in [0.29, 0.717) is 5.92 Å². The molecule has 0 aliphatic carbocycles. The van der Waals surface area contributed by atoms with Gasteiger partial charge in [0.1, 0.15) is 6.07 Å². The quantitative estimate of drug-likeness (QED) is 0.893. The maximum absolute atomic E-state index is 9.39. The number of nitrogens with one attached hydrogen (secondary N) is 1. The molecule has 2 rings (SSSR count). The Balaban J connectivity index is 2.05. The molecule has 0 unspecified atom stereocenters. The van der Waals surface area contributed by atoms with Crippen molar-refractivity contribution in [3.63, 3.8) is 0 Å². The summed E-state index contributed by atoms with van der Waals surface area (Å²) >= 11 is 0. The molecule has 0 atom stereocenters. The van der Waals surface area contributed by atoms with Gasteiger partial charge in [0, 0.05) is 19.6 Å². The molecule has 0 aromatic heterocycles. The van der Waals surface area contributed by atoms with E-state index in [2.05, 4.69) is 42.3 Å². The van der Waals surface area contributed by atoms with Gasteiger partial charge < -0.3 is 10.2 Å². The van der Waals surface area contributed by atoms with E-state index >= 15 is 0 Å². The van der Waals surface area contributed by atoms with E-state index in [0.717, 1.165) is 37.4 Å². The number of hydrogen-bond donors (Lipinski definition) is 1. The minimum absolute atomic E-state index is 0.651. The number of nitriles is 1. The lowest BCUT2D eigenvalue weighted by molar-refractivity contribution is 0.552. The zero-order valence-corrected chi connectivity index (χ0v) is 12.7. The standard InChI is InChI=1S/C17H25N3/c1-14(2)12-19-13-15-6-7-17(16(10-15)11-18)20-8-4-3-5-9-20/h6-7,10,14,19H,3-5,8-9,12-13H2,1-2H3. The van der Waals surface area contributed by atoms with Crippen molar-refractivity contribution in [2.75, 3.05) is 24.5 Å². The van der Waals surface area contributed by atoms with Gasteiger partial charge in [-0.3, -0.25) is 0 Å². The van der Waals surface area contributed by atoms with Gasteiger partial charge in [-0.15, -0.1) is 0 Å². The molecule has 20 heavy (non-hydrogen) atoms. The Kier molecular flexibility index (Phi) is 5.43. The van der Waals surface area contributed by atoms with Gasteiger partial charge in [-0.2, -0.15) is 5.26 Å². The van der Waals surface area contributed by atoms with Crippen molar-refractivity contribution < 1.29 is 0 Å². The van der Waals surface area contributed by atoms with E-state index in [-0.39, 0.29) is 0 Å². The zero-order chi connectivity index (χ0) is 14.4. The van der Waals surface area contributed by atoms with Gasteiger partial charge in [0.2, 0.25) is 0 Å². The van der Waals surface area contributed by atoms with Crippen molar-refractivity contribution in [1.29, 1.82) is 5.26 Å². The molecule has 1 heterocycles. The number of hydrogen-bond acceptors (Lipinski definition) is 3. The van der Waals surface area contributed by atoms with Crippen molar-refractivity contribution >= 4 is 5.69 Å². The van der Waals surface area contributed by atoms with Crippen LogP contribution in [0.25, 0.3) is 0 Å². The zero-order valence-electron chi connectivity index (χ0n) is 12.7. The second-order valence-corrected chi connectivity index (χ2v) is 6.04. The highest BCUT2D eigenvalue weighted by atomic mass is 15.1. The predicted molar refractivity (Wildman–Crippen MR) is 83.8 cm³/mol. The van der Waals surface area contributed by atoms with Gasteiger partial charge in [0.05, 0.1) is 11.3 Å². The Labute approximate surface area is 122 Å². The molecule has 3 heteroatoms. The van der Waals surface area contributed by atoms with Crippen LogP contribution in [0, 0.1) is 17.2 Å². The van der Waals surface area contributed by atoms with Crippen LogP contribution in [-0.4, -0.2) is 19.6 Å². The Morgan fingerprint density at radius 3 is 2.65 bits per heavy atom. The van der Waals surface area contributed by atoms with Crippen LogP contribution in [0.1, 0.15) is 44.2 Å². The van der Waals surface area contributed by atoms with Gasteiger partial charge in [-0.05, 0) is 49.4 Å². The molecule has 108 valence electrons. The lowest BCUT2D eigenvalue weighted by Gasteiger charge is -2.29. The molecule has 0 bridgehead atoms. The molecule has 1 aromatic carbocycles. The Morgan fingerprint density at radius 2 is 2.00 bits per heavy atom. The minimum Gasteiger partial charge on any atom is -0.370 e. The summed E-state index contributed by atoms with van der Waals surface area (Å²) in [6.45, 7) is 8.42. The van der Waals surface area contributed by atoms with Gasteiger partial charge in [-0.25, -0.2) is 0 Å². The maximum Gasteiger partial charge on any atom is 0.101 e. The van der Waals surface area contributed by atoms with Crippen LogP contribution in [0.4, 0.5) is 5.69 Å². The fourth-order valence-corrected chi connectivity index (χ4v) is 2.70. The fraction of sp³-hybridized carbons (Fsp3) is 0.588. The van der Waals surface area contributed by atoms with Crippen molar-refractivity contribution in [2.24, 2.45) is 5.92 Å². The summed E-state index contributed by atoms with van der Waals surface area (Å²) in [7, 11) is 0. The van der Waals surface area contributed by atoms with E-state index in [9.17, 15) is 5.26 Å². The van der Waals surface area contributed by atoms with Crippen molar-refractivity contribution in [3.8, 4) is 6.07 Å². The Bertz CT molecular complexity index is 468. The third kappa shape index (κ3) is 3.98. The molecule has 1 saturated heterocycles. The minimum atomic E-state index is 0.651. The number of nitrogens with zero attached hydrogens (tertiary/aromatic N) is 2. The highest BCUT2D eigenvalue weighted by Gasteiger charge is 2.14. The maximum atomic E-state index is 9.39. The monoisotopic (exact) mass is 271 g/mol. The first kappa shape index (κ1) is 14.9. The summed E-state index contributed by atoms with van der Waals surface area (Å²) in [5.74, 6) is 0.651. The lowest BCUT2D eigenvalue weighted by Crippen LogP contribution is -2.30. The average molecular weight is 271 g/mol. The lowest BCUT2D eigenvalue weighted by atomic mass is 10.0. The number of benzene rings is 1. The predicted octanol–water partition coefficient (Wildman–Crippen LogP) is 3.29. The van der Waals surface area contributed by atoms with Crippen molar-refractivity contribution in [1.82, 2.24) is 5.32 Å². The topological polar surface area (TPSA) is 39.1 Å². The number of anilines is 1. The molecular formula is C17H25N3. The van der Waals surface area contributed by atoms with Crippen LogP contribution in [0.2, 0.25) is 0 Å². The van der Waals surface area contributed by atoms with Gasteiger partial charge in [0.15, 0.2) is 0 Å². The molecule has 1 fully saturated rings. The SMILES string of the molecule is CC(C)CNCc1ccc(N2CCCCC2)c(C#N)c1. The van der Waals surface area contributed by atoms with Crippen LogP contribution in [-0.2, 0) is 6.54 Å². The molecule has 1 aliphatic rings. The van der Waals surface area contributed by atoms with E-state index in [1.807, 2.05) is 6.07 Å². The summed E-state index contributed by atoms with van der Waals surface area (Å²) in [6, 6.07) is 8.67. The van der Waals surface area contributed by atoms with Crippen LogP contribution >= 0.6 is 0 Å². The largest absolute Gasteiger partial charge is 0.370 e. The Morgan fingerprint density at radius 1 is 1.25 bits per heavy atom. The van der Waals surface area contributed by atoms with Gasteiger partial charge in [0.25, 0.3) is 0 Å². The molecule has 1 aromatic rings. The number of rotatable bonds is 5. The molecule has 3 nitrogen and oxygen atoms in total. The van der Waals surface area contributed by atoms with E-state index in [1.54, 1.807) is 0 Å². The highest BCUT2D eigenvalue weighted by Crippen LogP contribution is 2.24. The van der Waals surface area contributed by atoms with Gasteiger partial charge >= 0.3 is 0 Å². The van der Waals surface area contributed by atoms with E-state index in [4.69, 9.17) is 0 Å². The summed E-state index contributed by atoms with van der Waals surface area (Å²) in [4.78, 5) is 2.35. The second-order valence-electron chi connectivity index (χ2n) is 6.04. The molecule has 0 saturated carbocycles. The molecule has 0 spiro atoms. The third-order valence-electron chi connectivity index (χ3n) is 3.76. The molecule has 0 radical (unpaired) electrons. The first-order valence-electron chi connectivity index (χ1n) is 7.69. The van der Waals surface area contributed by atoms with Crippen molar-refractivity contribution in [3.05, 3.63) is 29.3 Å². The smallest absolute Gasteiger partial charge is 0.101 e. The van der Waals surface area contributed by atoms with E-state index < -0.39 is 0 Å². The first-order valence-corrected chi connectivity index (χ1v) is 7.69. The number of piperidine rings is 1. The van der Waals surface area contributed by atoms with Crippen LogP contribution in [0.15, 0.2) is 18.2 Å². The van der Waals surface area contributed by atoms with E-state index in [1.165, 1.54) is 24.8 Å². The van der Waals surface area contributed by atoms with Crippen LogP contribution in [0.5, 0.6) is 0 Å². The summed E-state index contributed by atoms with van der Waals surface area (Å²) in [5.41, 5.74) is 3.12. The summed E-state index contributed by atoms with van der Waals surface area (Å²) in [5, 5.41) is 12.8. The Hall–Kier alpha value is -1.53.